The van der Waals surface area contributed by atoms with Gasteiger partial charge in [-0.1, -0.05) is 0 Å². The third-order valence-electron chi connectivity index (χ3n) is 1.68. The normalized spacial score (nSPS) is 9.47. The predicted octanol–water partition coefficient (Wildman–Crippen LogP) is 1.19. The smallest absolute Gasteiger partial charge is 0.221 e. The third kappa shape index (κ3) is 3.30. The van der Waals surface area contributed by atoms with Gasteiger partial charge in [0.25, 0.3) is 0 Å². The number of rotatable bonds is 2. The van der Waals surface area contributed by atoms with Crippen molar-refractivity contribution < 1.29 is 9.59 Å². The molecule has 1 aromatic rings. The minimum Gasteiger partial charge on any atom is -0.397 e. The summed E-state index contributed by atoms with van der Waals surface area (Å²) in [5.74, 6) is -0.351. The molecule has 0 saturated carbocycles. The van der Waals surface area contributed by atoms with Gasteiger partial charge in [0.2, 0.25) is 11.8 Å². The van der Waals surface area contributed by atoms with Crippen molar-refractivity contribution in [3.63, 3.8) is 0 Å². The Morgan fingerprint density at radius 2 is 1.73 bits per heavy atom. The Hall–Kier alpha value is -2.04. The summed E-state index contributed by atoms with van der Waals surface area (Å²) in [4.78, 5) is 21.6. The molecule has 0 atom stereocenters. The van der Waals surface area contributed by atoms with E-state index >= 15 is 0 Å². The molecule has 0 bridgehead atoms. The summed E-state index contributed by atoms with van der Waals surface area (Å²) in [6.45, 7) is 2.82. The van der Waals surface area contributed by atoms with Crippen molar-refractivity contribution in [2.24, 2.45) is 0 Å². The number of hydrogen-bond acceptors (Lipinski definition) is 3. The van der Waals surface area contributed by atoms with Crippen LogP contribution in [0.25, 0.3) is 0 Å². The van der Waals surface area contributed by atoms with E-state index in [2.05, 4.69) is 10.6 Å². The van der Waals surface area contributed by atoms with E-state index in [0.717, 1.165) is 0 Å². The topological polar surface area (TPSA) is 84.2 Å². The van der Waals surface area contributed by atoms with Crippen molar-refractivity contribution in [2.75, 3.05) is 16.4 Å². The van der Waals surface area contributed by atoms with Crippen LogP contribution in [-0.2, 0) is 9.59 Å². The summed E-state index contributed by atoms with van der Waals surface area (Å²) >= 11 is 0. The summed E-state index contributed by atoms with van der Waals surface area (Å²) in [7, 11) is 0. The molecule has 2 amide bonds. The van der Waals surface area contributed by atoms with E-state index < -0.39 is 0 Å². The molecule has 1 aromatic carbocycles. The number of amides is 2. The van der Waals surface area contributed by atoms with Crippen molar-refractivity contribution in [3.05, 3.63) is 18.2 Å². The third-order valence-corrected chi connectivity index (χ3v) is 1.68. The van der Waals surface area contributed by atoms with Crippen LogP contribution < -0.4 is 16.4 Å². The highest BCUT2D eigenvalue weighted by atomic mass is 16.2. The van der Waals surface area contributed by atoms with Crippen LogP contribution >= 0.6 is 0 Å². The molecule has 4 N–H and O–H groups in total. The van der Waals surface area contributed by atoms with Crippen molar-refractivity contribution >= 4 is 28.9 Å². The molecule has 0 unspecified atom stereocenters. The Labute approximate surface area is 87.7 Å². The monoisotopic (exact) mass is 207 g/mol. The van der Waals surface area contributed by atoms with E-state index in [1.54, 1.807) is 18.2 Å². The number of nitrogens with two attached hydrogens (primary N) is 1. The fourth-order valence-electron chi connectivity index (χ4n) is 1.15. The van der Waals surface area contributed by atoms with Gasteiger partial charge in [-0.3, -0.25) is 9.59 Å². The van der Waals surface area contributed by atoms with Crippen molar-refractivity contribution in [2.45, 2.75) is 13.8 Å². The number of carbonyl (C=O) groups excluding carboxylic acids is 2. The van der Waals surface area contributed by atoms with Gasteiger partial charge in [-0.05, 0) is 18.2 Å². The second kappa shape index (κ2) is 4.45. The summed E-state index contributed by atoms with van der Waals surface area (Å²) in [6.07, 6.45) is 0. The second-order valence-electron chi connectivity index (χ2n) is 3.16. The van der Waals surface area contributed by atoms with Crippen LogP contribution in [-0.4, -0.2) is 11.8 Å². The zero-order chi connectivity index (χ0) is 11.4. The molecular formula is C10H13N3O2. The number of nitrogens with one attached hydrogen (secondary N) is 2. The fourth-order valence-corrected chi connectivity index (χ4v) is 1.15. The molecule has 0 fully saturated rings. The lowest BCUT2D eigenvalue weighted by Gasteiger charge is -2.08. The van der Waals surface area contributed by atoms with E-state index in [4.69, 9.17) is 5.73 Å². The predicted molar refractivity (Wildman–Crippen MR) is 59.5 cm³/mol. The maximum atomic E-state index is 10.8. The highest BCUT2D eigenvalue weighted by molar-refractivity contribution is 5.94. The van der Waals surface area contributed by atoms with Crippen molar-refractivity contribution in [1.82, 2.24) is 0 Å². The molecule has 0 aliphatic rings. The van der Waals surface area contributed by atoms with Gasteiger partial charge in [-0.2, -0.15) is 0 Å². The average Bonchev–Trinajstić information content (AvgIpc) is 2.08. The lowest BCUT2D eigenvalue weighted by atomic mass is 10.2. The summed E-state index contributed by atoms with van der Waals surface area (Å²) < 4.78 is 0. The van der Waals surface area contributed by atoms with E-state index in [9.17, 15) is 9.59 Å². The van der Waals surface area contributed by atoms with Gasteiger partial charge in [0.1, 0.15) is 0 Å². The lowest BCUT2D eigenvalue weighted by Crippen LogP contribution is -2.09. The molecule has 0 saturated heterocycles. The first-order valence-electron chi connectivity index (χ1n) is 4.43. The van der Waals surface area contributed by atoms with Crippen molar-refractivity contribution in [1.29, 1.82) is 0 Å². The molecule has 0 aliphatic carbocycles. The van der Waals surface area contributed by atoms with Gasteiger partial charge in [0.15, 0.2) is 0 Å². The quantitative estimate of drug-likeness (QED) is 0.637. The number of benzene rings is 1. The molecular weight excluding hydrogens is 194 g/mol. The molecule has 0 heterocycles. The largest absolute Gasteiger partial charge is 0.397 e. The molecule has 0 aliphatic heterocycles. The molecule has 80 valence electrons. The Morgan fingerprint density at radius 3 is 2.20 bits per heavy atom. The highest BCUT2D eigenvalue weighted by Crippen LogP contribution is 2.22. The summed E-state index contributed by atoms with van der Waals surface area (Å²) in [5, 5.41) is 5.17. The maximum Gasteiger partial charge on any atom is 0.221 e. The van der Waals surface area contributed by atoms with Crippen molar-refractivity contribution in [3.8, 4) is 0 Å². The minimum absolute atomic E-state index is 0.165. The van der Waals surface area contributed by atoms with Crippen LogP contribution in [0, 0.1) is 0 Å². The van der Waals surface area contributed by atoms with Gasteiger partial charge < -0.3 is 16.4 Å². The van der Waals surface area contributed by atoms with Gasteiger partial charge in [0, 0.05) is 19.5 Å². The van der Waals surface area contributed by atoms with Crippen LogP contribution in [0.5, 0.6) is 0 Å². The SMILES string of the molecule is CC(=O)Nc1ccc(NC(C)=O)c(N)c1. The zero-order valence-corrected chi connectivity index (χ0v) is 8.63. The van der Waals surface area contributed by atoms with Gasteiger partial charge in [0.05, 0.1) is 11.4 Å². The van der Waals surface area contributed by atoms with E-state index in [1.165, 1.54) is 13.8 Å². The van der Waals surface area contributed by atoms with E-state index in [-0.39, 0.29) is 11.8 Å². The number of carbonyl (C=O) groups is 2. The van der Waals surface area contributed by atoms with Gasteiger partial charge in [-0.15, -0.1) is 0 Å². The Balaban J connectivity index is 2.87. The minimum atomic E-state index is -0.186. The average molecular weight is 207 g/mol. The summed E-state index contributed by atoms with van der Waals surface area (Å²) in [6, 6.07) is 4.90. The second-order valence-corrected chi connectivity index (χ2v) is 3.16. The Bertz CT molecular complexity index is 402. The van der Waals surface area contributed by atoms with Crippen LogP contribution in [0.3, 0.4) is 0 Å². The van der Waals surface area contributed by atoms with Gasteiger partial charge >= 0.3 is 0 Å². The number of anilines is 3. The highest BCUT2D eigenvalue weighted by Gasteiger charge is 2.02. The standard InChI is InChI=1S/C10H13N3O2/c1-6(14)12-8-3-4-10(9(11)5-8)13-7(2)15/h3-5H,11H2,1-2H3,(H,12,14)(H,13,15). The number of nitrogen functional groups attached to an aromatic ring is 1. The summed E-state index contributed by atoms with van der Waals surface area (Å²) in [5.41, 5.74) is 7.24. The molecule has 0 spiro atoms. The number of hydrogen-bond donors (Lipinski definition) is 3. The van der Waals surface area contributed by atoms with Crippen LogP contribution in [0.2, 0.25) is 0 Å². The van der Waals surface area contributed by atoms with Crippen LogP contribution in [0.4, 0.5) is 17.1 Å². The maximum absolute atomic E-state index is 10.8. The van der Waals surface area contributed by atoms with E-state index in [1.807, 2.05) is 0 Å². The zero-order valence-electron chi connectivity index (χ0n) is 8.63. The molecule has 5 heteroatoms. The molecule has 15 heavy (non-hydrogen) atoms. The van der Waals surface area contributed by atoms with Crippen LogP contribution in [0.1, 0.15) is 13.8 Å². The first kappa shape index (κ1) is 11.0. The van der Waals surface area contributed by atoms with Gasteiger partial charge in [-0.25, -0.2) is 0 Å². The van der Waals surface area contributed by atoms with E-state index in [0.29, 0.717) is 17.1 Å². The molecule has 1 rings (SSSR count). The lowest BCUT2D eigenvalue weighted by molar-refractivity contribution is -0.115. The first-order valence-corrected chi connectivity index (χ1v) is 4.43. The molecule has 0 radical (unpaired) electrons. The molecule has 5 nitrogen and oxygen atoms in total. The first-order chi connectivity index (χ1) is 6.99. The van der Waals surface area contributed by atoms with Crippen LogP contribution in [0.15, 0.2) is 18.2 Å². The Morgan fingerprint density at radius 1 is 1.13 bits per heavy atom. The fraction of sp³-hybridized carbons (Fsp3) is 0.200. The molecule has 0 aromatic heterocycles. The Kier molecular flexibility index (Phi) is 3.28.